The molecule has 0 fully saturated rings. The molecule has 116 valence electrons. The molecule has 1 aromatic heterocycles. The minimum absolute atomic E-state index is 0.00923. The number of carbonyl (C=O) groups is 2. The molecule has 4 nitrogen and oxygen atoms in total. The van der Waals surface area contributed by atoms with E-state index in [0.29, 0.717) is 25.3 Å². The molecule has 1 aliphatic rings. The third kappa shape index (κ3) is 4.06. The Morgan fingerprint density at radius 3 is 3.00 bits per heavy atom. The summed E-state index contributed by atoms with van der Waals surface area (Å²) in [6, 6.07) is 0. The van der Waals surface area contributed by atoms with Crippen molar-refractivity contribution in [2.75, 3.05) is 6.54 Å². The van der Waals surface area contributed by atoms with Crippen molar-refractivity contribution in [3.63, 3.8) is 0 Å². The van der Waals surface area contributed by atoms with Crippen LogP contribution in [-0.4, -0.2) is 23.5 Å². The number of carboxylic acid groups (broad SMARTS) is 1. The van der Waals surface area contributed by atoms with Crippen LogP contribution in [-0.2, 0) is 17.6 Å². The summed E-state index contributed by atoms with van der Waals surface area (Å²) in [5.74, 6) is -0.422. The Labute approximate surface area is 129 Å². The largest absolute Gasteiger partial charge is 0.481 e. The fraction of sp³-hybridized carbons (Fsp3) is 0.625. The SMILES string of the molecule is CC1CCc2c(C(=O)NCCCC(C)C(=O)O)csc2C1. The zero-order valence-corrected chi connectivity index (χ0v) is 13.5. The first-order chi connectivity index (χ1) is 9.99. The lowest BCUT2D eigenvalue weighted by Gasteiger charge is -2.18. The summed E-state index contributed by atoms with van der Waals surface area (Å²) in [5.41, 5.74) is 2.06. The number of nitrogens with one attached hydrogen (secondary N) is 1. The molecule has 2 rings (SSSR count). The van der Waals surface area contributed by atoms with Gasteiger partial charge in [-0.1, -0.05) is 13.8 Å². The van der Waals surface area contributed by atoms with Crippen LogP contribution in [0, 0.1) is 11.8 Å². The summed E-state index contributed by atoms with van der Waals surface area (Å²) in [6.07, 6.45) is 4.53. The van der Waals surface area contributed by atoms with Gasteiger partial charge in [-0.25, -0.2) is 0 Å². The number of carboxylic acids is 1. The zero-order chi connectivity index (χ0) is 15.4. The first kappa shape index (κ1) is 16.0. The summed E-state index contributed by atoms with van der Waals surface area (Å²) in [4.78, 5) is 24.3. The van der Waals surface area contributed by atoms with E-state index in [1.54, 1.807) is 18.3 Å². The standard InChI is InChI=1S/C16H23NO3S/c1-10-5-6-12-13(9-21-14(12)8-10)15(18)17-7-3-4-11(2)16(19)20/h9-11H,3-8H2,1-2H3,(H,17,18)(H,19,20). The molecule has 0 saturated carbocycles. The van der Waals surface area contributed by atoms with E-state index in [-0.39, 0.29) is 11.8 Å². The van der Waals surface area contributed by atoms with Crippen LogP contribution in [0.25, 0.3) is 0 Å². The third-order valence-electron chi connectivity index (χ3n) is 4.17. The van der Waals surface area contributed by atoms with E-state index in [2.05, 4.69) is 12.2 Å². The van der Waals surface area contributed by atoms with Crippen LogP contribution in [0.3, 0.4) is 0 Å². The van der Waals surface area contributed by atoms with E-state index in [0.717, 1.165) is 24.8 Å². The van der Waals surface area contributed by atoms with Crippen LogP contribution in [0.4, 0.5) is 0 Å². The van der Waals surface area contributed by atoms with E-state index >= 15 is 0 Å². The predicted molar refractivity (Wildman–Crippen MR) is 83.9 cm³/mol. The van der Waals surface area contributed by atoms with E-state index in [1.807, 2.05) is 5.38 Å². The molecule has 0 spiro atoms. The normalized spacial score (nSPS) is 18.9. The van der Waals surface area contributed by atoms with Gasteiger partial charge in [-0.3, -0.25) is 9.59 Å². The number of hydrogen-bond donors (Lipinski definition) is 2. The van der Waals surface area contributed by atoms with E-state index in [9.17, 15) is 9.59 Å². The second-order valence-corrected chi connectivity index (χ2v) is 7.00. The molecular formula is C16H23NO3S. The van der Waals surface area contributed by atoms with Gasteiger partial charge >= 0.3 is 5.97 Å². The number of amides is 1. The number of aliphatic carboxylic acids is 1. The minimum Gasteiger partial charge on any atom is -0.481 e. The summed E-state index contributed by atoms with van der Waals surface area (Å²) in [5, 5.41) is 13.7. The Kier molecular flexibility index (Phi) is 5.39. The maximum atomic E-state index is 12.2. The number of thiophene rings is 1. The first-order valence-electron chi connectivity index (χ1n) is 7.59. The van der Waals surface area contributed by atoms with Gasteiger partial charge in [0.15, 0.2) is 0 Å². The van der Waals surface area contributed by atoms with Gasteiger partial charge in [0.05, 0.1) is 11.5 Å². The maximum Gasteiger partial charge on any atom is 0.306 e. The predicted octanol–water partition coefficient (Wildman–Crippen LogP) is 3.10. The van der Waals surface area contributed by atoms with Crippen molar-refractivity contribution in [3.05, 3.63) is 21.4 Å². The fourth-order valence-corrected chi connectivity index (χ4v) is 3.94. The zero-order valence-electron chi connectivity index (χ0n) is 12.6. The molecular weight excluding hydrogens is 286 g/mol. The molecule has 2 atom stereocenters. The van der Waals surface area contributed by atoms with Gasteiger partial charge < -0.3 is 10.4 Å². The number of hydrogen-bond acceptors (Lipinski definition) is 3. The van der Waals surface area contributed by atoms with Crippen molar-refractivity contribution in [1.29, 1.82) is 0 Å². The van der Waals surface area contributed by atoms with Gasteiger partial charge in [0.25, 0.3) is 5.91 Å². The van der Waals surface area contributed by atoms with Crippen LogP contribution < -0.4 is 5.32 Å². The van der Waals surface area contributed by atoms with Gasteiger partial charge in [0, 0.05) is 16.8 Å². The van der Waals surface area contributed by atoms with Gasteiger partial charge in [0.1, 0.15) is 0 Å². The molecule has 0 radical (unpaired) electrons. The Bertz CT molecular complexity index is 524. The molecule has 5 heteroatoms. The second kappa shape index (κ2) is 7.07. The first-order valence-corrected chi connectivity index (χ1v) is 8.47. The Hall–Kier alpha value is -1.36. The molecule has 0 aromatic carbocycles. The molecule has 1 amide bonds. The monoisotopic (exact) mass is 309 g/mol. The average Bonchev–Trinajstić information content (AvgIpc) is 2.85. The number of fused-ring (bicyclic) bond motifs is 1. The Morgan fingerprint density at radius 2 is 2.29 bits per heavy atom. The molecule has 1 aromatic rings. The Morgan fingerprint density at radius 1 is 1.52 bits per heavy atom. The van der Waals surface area contributed by atoms with Crippen LogP contribution in [0.15, 0.2) is 5.38 Å². The average molecular weight is 309 g/mol. The fourth-order valence-electron chi connectivity index (χ4n) is 2.70. The van der Waals surface area contributed by atoms with Crippen LogP contribution >= 0.6 is 11.3 Å². The maximum absolute atomic E-state index is 12.2. The Balaban J connectivity index is 1.83. The molecule has 1 aliphatic carbocycles. The lowest BCUT2D eigenvalue weighted by atomic mass is 9.88. The highest BCUT2D eigenvalue weighted by Crippen LogP contribution is 2.32. The lowest BCUT2D eigenvalue weighted by molar-refractivity contribution is -0.141. The van der Waals surface area contributed by atoms with Gasteiger partial charge in [-0.2, -0.15) is 0 Å². The topological polar surface area (TPSA) is 66.4 Å². The van der Waals surface area contributed by atoms with Crippen LogP contribution in [0.2, 0.25) is 0 Å². The number of rotatable bonds is 6. The van der Waals surface area contributed by atoms with Gasteiger partial charge in [0.2, 0.25) is 0 Å². The van der Waals surface area contributed by atoms with Gasteiger partial charge in [-0.15, -0.1) is 11.3 Å². The van der Waals surface area contributed by atoms with Crippen molar-refractivity contribution >= 4 is 23.2 Å². The van der Waals surface area contributed by atoms with Crippen molar-refractivity contribution < 1.29 is 14.7 Å². The smallest absolute Gasteiger partial charge is 0.306 e. The second-order valence-electron chi connectivity index (χ2n) is 6.04. The molecule has 2 N–H and O–H groups in total. The minimum atomic E-state index is -0.776. The van der Waals surface area contributed by atoms with E-state index < -0.39 is 5.97 Å². The molecule has 0 bridgehead atoms. The van der Waals surface area contributed by atoms with E-state index in [1.165, 1.54) is 10.4 Å². The van der Waals surface area contributed by atoms with Crippen LogP contribution in [0.1, 0.15) is 53.9 Å². The van der Waals surface area contributed by atoms with Crippen LogP contribution in [0.5, 0.6) is 0 Å². The molecule has 0 aliphatic heterocycles. The van der Waals surface area contributed by atoms with Crippen molar-refractivity contribution in [3.8, 4) is 0 Å². The summed E-state index contributed by atoms with van der Waals surface area (Å²) < 4.78 is 0. The highest BCUT2D eigenvalue weighted by atomic mass is 32.1. The van der Waals surface area contributed by atoms with Crippen molar-refractivity contribution in [1.82, 2.24) is 5.32 Å². The highest BCUT2D eigenvalue weighted by molar-refractivity contribution is 7.10. The number of carbonyl (C=O) groups excluding carboxylic acids is 1. The molecule has 2 unspecified atom stereocenters. The summed E-state index contributed by atoms with van der Waals surface area (Å²) in [6.45, 7) is 4.49. The van der Waals surface area contributed by atoms with Crippen molar-refractivity contribution in [2.24, 2.45) is 11.8 Å². The van der Waals surface area contributed by atoms with E-state index in [4.69, 9.17) is 5.11 Å². The lowest BCUT2D eigenvalue weighted by Crippen LogP contribution is -2.26. The highest BCUT2D eigenvalue weighted by Gasteiger charge is 2.23. The molecule has 1 heterocycles. The van der Waals surface area contributed by atoms with Crippen molar-refractivity contribution in [2.45, 2.75) is 46.0 Å². The molecule has 0 saturated heterocycles. The third-order valence-corrected chi connectivity index (χ3v) is 5.22. The summed E-state index contributed by atoms with van der Waals surface area (Å²) in [7, 11) is 0. The quantitative estimate of drug-likeness (QED) is 0.794. The summed E-state index contributed by atoms with van der Waals surface area (Å²) >= 11 is 1.69. The molecule has 21 heavy (non-hydrogen) atoms. The van der Waals surface area contributed by atoms with Gasteiger partial charge in [-0.05, 0) is 43.6 Å².